The number of hydrogen-bond donors (Lipinski definition) is 0. The molecule has 0 atom stereocenters. The average molecular weight is 962 g/mol. The van der Waals surface area contributed by atoms with Crippen molar-refractivity contribution in [3.63, 3.8) is 0 Å². The number of unbranched alkanes of at least 4 members (excludes halogenated alkanes) is 30. The minimum absolute atomic E-state index is 0.887. The number of aryl methyl sites for hydroxylation is 2. The molecule has 0 aromatic heterocycles. The van der Waals surface area contributed by atoms with Gasteiger partial charge >= 0.3 is 129 Å². The predicted octanol–water partition coefficient (Wildman–Crippen LogP) is 22.0. The molecule has 2 aromatic rings. The Morgan fingerprint density at radius 2 is 0.836 bits per heavy atom. The second-order valence-electron chi connectivity index (χ2n) is 19.9. The van der Waals surface area contributed by atoms with Gasteiger partial charge in [0.15, 0.2) is 0 Å². The molecule has 0 saturated carbocycles. The van der Waals surface area contributed by atoms with Crippen molar-refractivity contribution in [3.05, 3.63) is 88.0 Å². The van der Waals surface area contributed by atoms with Gasteiger partial charge in [0, 0.05) is 35.6 Å². The molecule has 382 valence electrons. The van der Waals surface area contributed by atoms with Crippen LogP contribution in [0.4, 0.5) is 0 Å². The molecule has 0 bridgehead atoms. The van der Waals surface area contributed by atoms with Crippen LogP contribution in [0.1, 0.15) is 294 Å². The van der Waals surface area contributed by atoms with Crippen LogP contribution in [0.2, 0.25) is 10.8 Å². The molecule has 2 nitrogen and oxygen atoms in total. The van der Waals surface area contributed by atoms with Crippen LogP contribution in [-0.4, -0.2) is 4.70 Å². The number of hydrogen-bond acceptors (Lipinski definition) is 0. The summed E-state index contributed by atoms with van der Waals surface area (Å²) in [6.45, 7) is 11.4. The molecule has 0 radical (unpaired) electrons. The number of rotatable bonds is 42. The Balaban J connectivity index is 0.000000681. The van der Waals surface area contributed by atoms with Gasteiger partial charge in [-0.1, -0.05) is 154 Å². The van der Waals surface area contributed by atoms with Crippen molar-refractivity contribution in [2.75, 3.05) is 0 Å². The molecule has 0 unspecified atom stereocenters. The zero-order chi connectivity index (χ0) is 48.1. The van der Waals surface area contributed by atoms with Gasteiger partial charge < -0.3 is 5.53 Å². The second-order valence-corrected chi connectivity index (χ2v) is 21.4. The van der Waals surface area contributed by atoms with E-state index in [2.05, 4.69) is 101 Å². The first-order chi connectivity index (χ1) is 33.1. The Kier molecular flexibility index (Phi) is 40.5. The Morgan fingerprint density at radius 3 is 1.33 bits per heavy atom. The first-order valence-electron chi connectivity index (χ1n) is 29.1. The Hall–Kier alpha value is -2.43. The second kappa shape index (κ2) is 44.8. The average Bonchev–Trinajstić information content (AvgIpc) is 3.68. The molecule has 0 saturated heterocycles. The summed E-state index contributed by atoms with van der Waals surface area (Å²) in [7, 11) is 0. The van der Waals surface area contributed by atoms with Crippen LogP contribution in [0.3, 0.4) is 0 Å². The van der Waals surface area contributed by atoms with E-state index in [1.54, 1.807) is 0 Å². The molecule has 1 aliphatic heterocycles. The van der Waals surface area contributed by atoms with Crippen molar-refractivity contribution >= 4 is 11.4 Å². The van der Waals surface area contributed by atoms with Gasteiger partial charge in [-0.25, -0.2) is 4.70 Å². The van der Waals surface area contributed by atoms with Gasteiger partial charge in [-0.3, -0.25) is 0 Å². The third kappa shape index (κ3) is 30.7. The summed E-state index contributed by atoms with van der Waals surface area (Å²) in [6, 6.07) is 17.4. The third-order valence-corrected chi connectivity index (χ3v) is 15.0. The van der Waals surface area contributed by atoms with Gasteiger partial charge in [0.25, 0.3) is 0 Å². The van der Waals surface area contributed by atoms with Crippen molar-refractivity contribution in [1.82, 2.24) is 0 Å². The quantitative estimate of drug-likeness (QED) is 0.0274. The first kappa shape index (κ1) is 60.7. The van der Waals surface area contributed by atoms with Gasteiger partial charge in [-0.05, 0) is 74.3 Å². The fourth-order valence-electron chi connectivity index (χ4n) is 9.23. The van der Waals surface area contributed by atoms with Crippen LogP contribution >= 0.6 is 0 Å². The van der Waals surface area contributed by atoms with E-state index >= 15 is 0 Å². The summed E-state index contributed by atoms with van der Waals surface area (Å²) >= 11 is 2.01. The van der Waals surface area contributed by atoms with Gasteiger partial charge in [0.1, 0.15) is 0 Å². The normalized spacial score (nSPS) is 12.4. The van der Waals surface area contributed by atoms with E-state index in [1.165, 1.54) is 231 Å². The van der Waals surface area contributed by atoms with Crippen molar-refractivity contribution in [1.29, 1.82) is 0 Å². The summed E-state index contributed by atoms with van der Waals surface area (Å²) in [4.78, 5) is 0. The molecule has 0 spiro atoms. The topological polar surface area (TPSA) is 25.3 Å². The van der Waals surface area contributed by atoms with Gasteiger partial charge in [-0.2, -0.15) is 0 Å². The maximum atomic E-state index is 11.6. The number of benzene rings is 2. The summed E-state index contributed by atoms with van der Waals surface area (Å²) in [5.74, 6) is 6.90. The SMILES string of the molecule is CCCCCCCCCCCCCCCCCC#CCCCc1ccccc1C1=C(CCCC)C=C(c2ccc(CCCC)cc2)[N+]1=[N-].CCCCCCCC[CH2][Ni][CH2]CCCCCCCC. The molecule has 0 N–H and O–H groups in total. The van der Waals surface area contributed by atoms with E-state index in [1.807, 2.05) is 14.4 Å². The van der Waals surface area contributed by atoms with Crippen LogP contribution in [0.25, 0.3) is 16.9 Å². The zero-order valence-electron chi connectivity index (χ0n) is 44.9. The molecule has 0 fully saturated rings. The molecule has 3 heteroatoms. The van der Waals surface area contributed by atoms with Crippen LogP contribution in [0, 0.1) is 11.8 Å². The molecule has 0 amide bonds. The summed E-state index contributed by atoms with van der Waals surface area (Å²) in [5, 5.41) is 2.85. The van der Waals surface area contributed by atoms with E-state index in [0.717, 1.165) is 73.9 Å². The third-order valence-electron chi connectivity index (χ3n) is 13.6. The van der Waals surface area contributed by atoms with Crippen LogP contribution in [0.5, 0.6) is 0 Å². The minimum atomic E-state index is 0.887. The van der Waals surface area contributed by atoms with E-state index in [9.17, 15) is 5.53 Å². The maximum absolute atomic E-state index is 11.6. The van der Waals surface area contributed by atoms with Crippen molar-refractivity contribution < 1.29 is 19.1 Å². The Labute approximate surface area is 423 Å². The number of nitrogens with zero attached hydrogens (tertiary/aromatic N) is 2. The monoisotopic (exact) mass is 961 g/mol. The molecule has 0 aliphatic carbocycles. The van der Waals surface area contributed by atoms with E-state index < -0.39 is 0 Å². The van der Waals surface area contributed by atoms with Crippen LogP contribution < -0.4 is 0 Å². The van der Waals surface area contributed by atoms with E-state index in [0.29, 0.717) is 0 Å². The first-order valence-corrected chi connectivity index (χ1v) is 30.5. The van der Waals surface area contributed by atoms with Crippen LogP contribution in [0.15, 0.2) is 60.2 Å². The summed E-state index contributed by atoms with van der Waals surface area (Å²) in [5.41, 5.74) is 19.6. The van der Waals surface area contributed by atoms with Crippen molar-refractivity contribution in [2.45, 2.75) is 296 Å². The summed E-state index contributed by atoms with van der Waals surface area (Å²) in [6.07, 6.45) is 54.3. The van der Waals surface area contributed by atoms with Gasteiger partial charge in [-0.15, -0.1) is 11.8 Å². The molecular formula is C64H106N2Ni. The van der Waals surface area contributed by atoms with E-state index in [4.69, 9.17) is 0 Å². The van der Waals surface area contributed by atoms with E-state index in [-0.39, 0.29) is 0 Å². The summed E-state index contributed by atoms with van der Waals surface area (Å²) < 4.78 is 1.46. The standard InChI is InChI=1S/C46H68N2.2C9H19.Ni/c1-4-7-10-11-12-13-14-15-16-17-18-19-20-21-22-23-24-25-26-27-32-41-33-28-29-34-44(41)46-43(31-9-6-3)39-45(48(46)47)42-37-35-40(36-38-42)30-8-5-2;2*1-3-5-7-9-8-6-4-2;/h28-29,33-39H,4-23,26-27,30-32H2,1-3H3;2*1,3-9H2,2H3;. The van der Waals surface area contributed by atoms with Gasteiger partial charge in [0.2, 0.25) is 11.4 Å². The van der Waals surface area contributed by atoms with Crippen LogP contribution in [-0.2, 0) is 27.3 Å². The molecule has 1 heterocycles. The Morgan fingerprint density at radius 1 is 0.418 bits per heavy atom. The van der Waals surface area contributed by atoms with Gasteiger partial charge in [0.05, 0.1) is 0 Å². The fraction of sp³-hybridized carbons (Fsp3) is 0.719. The Bertz CT molecular complexity index is 1570. The molecule has 3 rings (SSSR count). The molecule has 67 heavy (non-hydrogen) atoms. The van der Waals surface area contributed by atoms with Crippen molar-refractivity contribution in [3.8, 4) is 11.8 Å². The molecule has 1 aliphatic rings. The predicted molar refractivity (Wildman–Crippen MR) is 295 cm³/mol. The fourth-order valence-corrected chi connectivity index (χ4v) is 10.5. The zero-order valence-corrected chi connectivity index (χ0v) is 45.9. The molecule has 2 aromatic carbocycles. The molecular weight excluding hydrogens is 855 g/mol. The number of allylic oxidation sites excluding steroid dienone is 2. The van der Waals surface area contributed by atoms with Crippen molar-refractivity contribution in [2.24, 2.45) is 0 Å².